The summed E-state index contributed by atoms with van der Waals surface area (Å²) in [5, 5.41) is 11.0. The van der Waals surface area contributed by atoms with Crippen molar-refractivity contribution in [2.75, 3.05) is 51.0 Å². The van der Waals surface area contributed by atoms with Gasteiger partial charge in [-0.1, -0.05) is 20.8 Å². The zero-order valence-corrected chi connectivity index (χ0v) is 24.0. The highest BCUT2D eigenvalue weighted by Crippen LogP contribution is 2.31. The number of hydrogen-bond acceptors (Lipinski definition) is 8. The molecule has 3 aromatic heterocycles. The summed E-state index contributed by atoms with van der Waals surface area (Å²) in [6, 6.07) is 5.57. The van der Waals surface area contributed by atoms with E-state index in [-0.39, 0.29) is 6.04 Å². The fourth-order valence-electron chi connectivity index (χ4n) is 4.25. The molecule has 208 valence electrons. The van der Waals surface area contributed by atoms with Gasteiger partial charge in [-0.25, -0.2) is 8.91 Å². The van der Waals surface area contributed by atoms with Gasteiger partial charge in [0.2, 0.25) is 5.95 Å². The molecular weight excluding hydrogens is 483 g/mol. The molecule has 3 aromatic rings. The van der Waals surface area contributed by atoms with Gasteiger partial charge in [-0.05, 0) is 51.3 Å². The van der Waals surface area contributed by atoms with Crippen molar-refractivity contribution in [3.8, 4) is 11.3 Å². The Morgan fingerprint density at radius 2 is 1.95 bits per heavy atom. The third kappa shape index (κ3) is 7.70. The first-order valence-corrected chi connectivity index (χ1v) is 13.3. The number of aryl methyl sites for hydroxylation is 1. The molecule has 2 N–H and O–H groups in total. The Labute approximate surface area is 225 Å². The van der Waals surface area contributed by atoms with Crippen LogP contribution in [0.4, 0.5) is 21.8 Å². The smallest absolute Gasteiger partial charge is 0.243 e. The summed E-state index contributed by atoms with van der Waals surface area (Å²) in [5.41, 5.74) is 5.24. The lowest BCUT2D eigenvalue weighted by molar-refractivity contribution is 0.0918. The van der Waals surface area contributed by atoms with Crippen LogP contribution in [0, 0.1) is 12.8 Å². The normalized spacial score (nSPS) is 17.7. The van der Waals surface area contributed by atoms with Crippen LogP contribution in [-0.4, -0.2) is 82.8 Å². The number of nitrogens with one attached hydrogen (secondary N) is 2. The average Bonchev–Trinajstić information content (AvgIpc) is 3.28. The molecule has 38 heavy (non-hydrogen) atoms. The van der Waals surface area contributed by atoms with Gasteiger partial charge in [0.05, 0.1) is 29.7 Å². The second kappa shape index (κ2) is 13.6. The SMILES string of the molecule is CC(C)C.CNc1nc(NC2CCN(CCOC)C[C@@H]2F)nn2ccc(-c3ccc(N=C(C)C)c(C)n3)c12. The van der Waals surface area contributed by atoms with E-state index in [1.807, 2.05) is 52.2 Å². The summed E-state index contributed by atoms with van der Waals surface area (Å²) in [6.07, 6.45) is 1.54. The molecule has 0 spiro atoms. The van der Waals surface area contributed by atoms with Crippen molar-refractivity contribution >= 4 is 28.7 Å². The van der Waals surface area contributed by atoms with Crippen molar-refractivity contribution in [1.29, 1.82) is 0 Å². The molecule has 0 saturated carbocycles. The number of methoxy groups -OCH3 is 1. The summed E-state index contributed by atoms with van der Waals surface area (Å²) >= 11 is 0. The Balaban J connectivity index is 0.000000934. The predicted molar refractivity (Wildman–Crippen MR) is 155 cm³/mol. The largest absolute Gasteiger partial charge is 0.383 e. The van der Waals surface area contributed by atoms with E-state index in [2.05, 4.69) is 51.4 Å². The molecule has 0 amide bonds. The van der Waals surface area contributed by atoms with Gasteiger partial charge in [-0.3, -0.25) is 14.9 Å². The molecule has 0 bridgehead atoms. The van der Waals surface area contributed by atoms with Gasteiger partial charge in [0.1, 0.15) is 11.7 Å². The first-order chi connectivity index (χ1) is 18.1. The van der Waals surface area contributed by atoms with E-state index in [4.69, 9.17) is 9.72 Å². The van der Waals surface area contributed by atoms with Gasteiger partial charge in [0, 0.05) is 51.3 Å². The molecule has 4 heterocycles. The van der Waals surface area contributed by atoms with E-state index < -0.39 is 6.17 Å². The first kappa shape index (κ1) is 29.4. The van der Waals surface area contributed by atoms with E-state index in [1.54, 1.807) is 11.6 Å². The highest BCUT2D eigenvalue weighted by atomic mass is 19.1. The molecule has 10 heteroatoms. The van der Waals surface area contributed by atoms with Crippen LogP contribution in [0.15, 0.2) is 29.4 Å². The predicted octanol–water partition coefficient (Wildman–Crippen LogP) is 5.39. The van der Waals surface area contributed by atoms with Crippen LogP contribution < -0.4 is 10.6 Å². The van der Waals surface area contributed by atoms with Gasteiger partial charge >= 0.3 is 0 Å². The molecular formula is C28H43FN8O. The second-order valence-corrected chi connectivity index (χ2v) is 10.5. The van der Waals surface area contributed by atoms with Crippen molar-refractivity contribution in [1.82, 2.24) is 24.5 Å². The standard InChI is InChI=1S/C24H33FN8O.C4H10/c1-15(2)27-19-6-7-20(28-16(19)3)17-8-11-33-22(17)23(26-4)30-24(31-33)29-21-9-10-32(12-13-34-5)14-18(21)25;1-4(2)3/h6-8,11,18,21H,9-10,12-14H2,1-5H3,(H2,26,29,30,31);4H,1-3H3/t18-,21?;/m0./s1. The van der Waals surface area contributed by atoms with Crippen molar-refractivity contribution < 1.29 is 9.13 Å². The van der Waals surface area contributed by atoms with Crippen molar-refractivity contribution in [3.63, 3.8) is 0 Å². The zero-order chi connectivity index (χ0) is 27.8. The van der Waals surface area contributed by atoms with Crippen LogP contribution in [0.1, 0.15) is 46.7 Å². The molecule has 1 fully saturated rings. The molecule has 2 atom stereocenters. The minimum absolute atomic E-state index is 0.338. The molecule has 1 saturated heterocycles. The summed E-state index contributed by atoms with van der Waals surface area (Å²) < 4.78 is 21.7. The lowest BCUT2D eigenvalue weighted by Crippen LogP contribution is -2.48. The van der Waals surface area contributed by atoms with Crippen LogP contribution in [0.2, 0.25) is 0 Å². The Hall–Kier alpha value is -3.11. The van der Waals surface area contributed by atoms with Gasteiger partial charge < -0.3 is 15.4 Å². The minimum atomic E-state index is -1.01. The van der Waals surface area contributed by atoms with E-state index in [0.29, 0.717) is 31.3 Å². The maximum Gasteiger partial charge on any atom is 0.243 e. The lowest BCUT2D eigenvalue weighted by Gasteiger charge is -2.34. The topological polar surface area (TPSA) is 92.0 Å². The molecule has 1 aliphatic heterocycles. The number of piperidine rings is 1. The van der Waals surface area contributed by atoms with Gasteiger partial charge in [0.15, 0.2) is 5.82 Å². The number of pyridine rings is 1. The van der Waals surface area contributed by atoms with Crippen molar-refractivity contribution in [3.05, 3.63) is 30.1 Å². The third-order valence-corrected chi connectivity index (χ3v) is 5.98. The number of alkyl halides is 1. The van der Waals surface area contributed by atoms with Crippen LogP contribution in [0.5, 0.6) is 0 Å². The maximum atomic E-state index is 14.8. The molecule has 0 radical (unpaired) electrons. The van der Waals surface area contributed by atoms with E-state index in [9.17, 15) is 4.39 Å². The number of fused-ring (bicyclic) bond motifs is 1. The summed E-state index contributed by atoms with van der Waals surface area (Å²) in [6.45, 7) is 14.9. The Kier molecular flexibility index (Phi) is 10.6. The fraction of sp³-hybridized carbons (Fsp3) is 0.571. The highest BCUT2D eigenvalue weighted by molar-refractivity contribution is 5.88. The molecule has 1 aliphatic rings. The van der Waals surface area contributed by atoms with Crippen LogP contribution in [0.3, 0.4) is 0 Å². The quantitative estimate of drug-likeness (QED) is 0.380. The monoisotopic (exact) mass is 526 g/mol. The van der Waals surface area contributed by atoms with E-state index in [0.717, 1.165) is 52.9 Å². The van der Waals surface area contributed by atoms with E-state index in [1.165, 1.54) is 0 Å². The summed E-state index contributed by atoms with van der Waals surface area (Å²) in [7, 11) is 3.48. The number of hydrogen-bond donors (Lipinski definition) is 2. The average molecular weight is 527 g/mol. The fourth-order valence-corrected chi connectivity index (χ4v) is 4.25. The van der Waals surface area contributed by atoms with Gasteiger partial charge in [-0.15, -0.1) is 5.10 Å². The lowest BCUT2D eigenvalue weighted by atomic mass is 10.0. The number of aliphatic imine (C=N–C) groups is 1. The maximum absolute atomic E-state index is 14.8. The summed E-state index contributed by atoms with van der Waals surface area (Å²) in [5.74, 6) is 1.88. The number of nitrogens with zero attached hydrogens (tertiary/aromatic N) is 6. The third-order valence-electron chi connectivity index (χ3n) is 5.98. The molecule has 0 aliphatic carbocycles. The number of aromatic nitrogens is 4. The van der Waals surface area contributed by atoms with Crippen molar-refractivity contribution in [2.24, 2.45) is 10.9 Å². The van der Waals surface area contributed by atoms with Crippen LogP contribution in [0.25, 0.3) is 16.8 Å². The Morgan fingerprint density at radius 1 is 1.21 bits per heavy atom. The molecule has 1 unspecified atom stereocenters. The molecule has 9 nitrogen and oxygen atoms in total. The minimum Gasteiger partial charge on any atom is -0.383 e. The van der Waals surface area contributed by atoms with Gasteiger partial charge in [0.25, 0.3) is 0 Å². The number of ether oxygens (including phenoxy) is 1. The molecule has 4 rings (SSSR count). The highest BCUT2D eigenvalue weighted by Gasteiger charge is 2.30. The van der Waals surface area contributed by atoms with Gasteiger partial charge in [-0.2, -0.15) is 4.98 Å². The zero-order valence-electron chi connectivity index (χ0n) is 24.0. The van der Waals surface area contributed by atoms with Crippen molar-refractivity contribution in [2.45, 2.75) is 60.2 Å². The molecule has 0 aromatic carbocycles. The van der Waals surface area contributed by atoms with E-state index >= 15 is 0 Å². The Morgan fingerprint density at radius 3 is 2.55 bits per heavy atom. The Bertz CT molecular complexity index is 1220. The number of halogens is 1. The van der Waals surface area contributed by atoms with Crippen LogP contribution >= 0.6 is 0 Å². The number of likely N-dealkylation sites (tertiary alicyclic amines) is 1. The van der Waals surface area contributed by atoms with Crippen LogP contribution in [-0.2, 0) is 4.74 Å². The number of anilines is 2. The second-order valence-electron chi connectivity index (χ2n) is 10.5. The first-order valence-electron chi connectivity index (χ1n) is 13.3. The summed E-state index contributed by atoms with van der Waals surface area (Å²) in [4.78, 5) is 16.0. The number of rotatable bonds is 8.